The summed E-state index contributed by atoms with van der Waals surface area (Å²) < 4.78 is 2.35. The van der Waals surface area contributed by atoms with Gasteiger partial charge in [-0.25, -0.2) is 0 Å². The number of benzene rings is 2. The van der Waals surface area contributed by atoms with E-state index in [1.807, 2.05) is 61.5 Å². The molecule has 0 atom stereocenters. The summed E-state index contributed by atoms with van der Waals surface area (Å²) in [5, 5.41) is 18.9. The van der Waals surface area contributed by atoms with Crippen LogP contribution in [0.2, 0.25) is 0 Å². The second-order valence-corrected chi connectivity index (χ2v) is 9.04. The highest BCUT2D eigenvalue weighted by Crippen LogP contribution is 2.22. The summed E-state index contributed by atoms with van der Waals surface area (Å²) in [7, 11) is 0. The van der Waals surface area contributed by atoms with Crippen LogP contribution in [-0.2, 0) is 11.8 Å². The van der Waals surface area contributed by atoms with Gasteiger partial charge >= 0.3 is 0 Å². The average Bonchev–Trinajstić information content (AvgIpc) is 3.04. The third-order valence-electron chi connectivity index (χ3n) is 4.95. The molecule has 30 heavy (non-hydrogen) atoms. The fourth-order valence-corrected chi connectivity index (χ4v) is 4.30. The van der Waals surface area contributed by atoms with Crippen molar-refractivity contribution in [3.8, 4) is 17.8 Å². The van der Waals surface area contributed by atoms with Crippen molar-refractivity contribution in [2.75, 3.05) is 0 Å². The molecule has 0 aliphatic rings. The van der Waals surface area contributed by atoms with Gasteiger partial charge in [0.1, 0.15) is 16.8 Å². The third-order valence-corrected chi connectivity index (χ3v) is 6.04. The van der Waals surface area contributed by atoms with E-state index in [0.29, 0.717) is 14.9 Å². The van der Waals surface area contributed by atoms with Crippen molar-refractivity contribution in [2.45, 2.75) is 39.5 Å². The molecule has 4 nitrogen and oxygen atoms in total. The zero-order valence-corrected chi connectivity index (χ0v) is 18.4. The van der Waals surface area contributed by atoms with Crippen molar-refractivity contribution in [3.63, 3.8) is 0 Å². The summed E-state index contributed by atoms with van der Waals surface area (Å²) in [6.07, 6.45) is 2.56. The Morgan fingerprint density at radius 1 is 1.07 bits per heavy atom. The Hall–Kier alpha value is -3.41. The van der Waals surface area contributed by atoms with Crippen molar-refractivity contribution in [2.24, 2.45) is 0 Å². The van der Waals surface area contributed by atoms with E-state index >= 15 is 0 Å². The molecule has 0 aliphatic heterocycles. The van der Waals surface area contributed by atoms with Crippen LogP contribution in [0, 0.1) is 22.7 Å². The van der Waals surface area contributed by atoms with Gasteiger partial charge in [-0.05, 0) is 40.7 Å². The van der Waals surface area contributed by atoms with Crippen LogP contribution in [-0.4, -0.2) is 4.57 Å². The average molecular weight is 414 g/mol. The Balaban J connectivity index is 2.31. The van der Waals surface area contributed by atoms with Crippen molar-refractivity contribution >= 4 is 23.0 Å². The van der Waals surface area contributed by atoms with E-state index in [9.17, 15) is 15.3 Å². The highest BCUT2D eigenvalue weighted by atomic mass is 32.1. The van der Waals surface area contributed by atoms with Gasteiger partial charge in [0.2, 0.25) is 0 Å². The first-order chi connectivity index (χ1) is 14.3. The summed E-state index contributed by atoms with van der Waals surface area (Å²) >= 11 is 1.17. The van der Waals surface area contributed by atoms with Gasteiger partial charge in [0.15, 0.2) is 5.57 Å². The minimum Gasteiger partial charge on any atom is -0.267 e. The van der Waals surface area contributed by atoms with E-state index in [2.05, 4.69) is 32.9 Å². The molecule has 0 bridgehead atoms. The molecule has 0 saturated heterocycles. The molecule has 2 aromatic carbocycles. The highest BCUT2D eigenvalue weighted by molar-refractivity contribution is 7.07. The smallest absolute Gasteiger partial charge is 0.267 e. The van der Waals surface area contributed by atoms with Crippen LogP contribution in [0.4, 0.5) is 0 Å². The Bertz CT molecular complexity index is 1320. The monoisotopic (exact) mass is 413 g/mol. The quantitative estimate of drug-likeness (QED) is 0.656. The fraction of sp³-hybridized carbons (Fsp3) is 0.240. The van der Waals surface area contributed by atoms with Crippen molar-refractivity contribution in [1.29, 1.82) is 10.5 Å². The van der Waals surface area contributed by atoms with Gasteiger partial charge in [-0.15, -0.1) is 11.3 Å². The molecule has 5 heteroatoms. The number of hydrogen-bond donors (Lipinski definition) is 0. The predicted octanol–water partition coefficient (Wildman–Crippen LogP) is 3.79. The maximum atomic E-state index is 13.3. The second kappa shape index (κ2) is 8.53. The zero-order valence-electron chi connectivity index (χ0n) is 17.6. The lowest BCUT2D eigenvalue weighted by molar-refractivity contribution is 0.590. The van der Waals surface area contributed by atoms with E-state index in [1.165, 1.54) is 21.5 Å². The van der Waals surface area contributed by atoms with Crippen molar-refractivity contribution < 1.29 is 0 Å². The number of nitriles is 2. The number of hydrogen-bond acceptors (Lipinski definition) is 4. The van der Waals surface area contributed by atoms with Gasteiger partial charge in [-0.3, -0.25) is 9.36 Å². The van der Waals surface area contributed by atoms with Crippen LogP contribution in [0.25, 0.3) is 17.3 Å². The van der Waals surface area contributed by atoms with Crippen molar-refractivity contribution in [1.82, 2.24) is 4.57 Å². The number of aryl methyl sites for hydroxylation is 1. The fourth-order valence-electron chi connectivity index (χ4n) is 3.25. The SMILES string of the molecule is CCc1ccccc1-n1c(=C(C#N)C#N)s/c(=C/c2ccc(C(C)(C)C)cc2)c1=O. The zero-order chi connectivity index (χ0) is 21.9. The number of rotatable bonds is 3. The van der Waals surface area contributed by atoms with Crippen LogP contribution >= 0.6 is 11.3 Å². The van der Waals surface area contributed by atoms with E-state index < -0.39 is 0 Å². The summed E-state index contributed by atoms with van der Waals surface area (Å²) in [6, 6.07) is 19.6. The van der Waals surface area contributed by atoms with E-state index in [1.54, 1.807) is 0 Å². The first-order valence-electron chi connectivity index (χ1n) is 9.77. The van der Waals surface area contributed by atoms with Gasteiger partial charge in [0, 0.05) is 0 Å². The van der Waals surface area contributed by atoms with Gasteiger partial charge in [-0.2, -0.15) is 10.5 Å². The highest BCUT2D eigenvalue weighted by Gasteiger charge is 2.14. The number of para-hydroxylation sites is 1. The molecule has 1 heterocycles. The predicted molar refractivity (Wildman–Crippen MR) is 122 cm³/mol. The largest absolute Gasteiger partial charge is 0.273 e. The molecule has 0 saturated carbocycles. The Morgan fingerprint density at radius 2 is 1.70 bits per heavy atom. The Morgan fingerprint density at radius 3 is 2.27 bits per heavy atom. The molecule has 3 aromatic rings. The number of aromatic nitrogens is 1. The first kappa shape index (κ1) is 21.3. The lowest BCUT2D eigenvalue weighted by Gasteiger charge is -2.18. The topological polar surface area (TPSA) is 69.6 Å². The molecular formula is C25H23N3OS. The lowest BCUT2D eigenvalue weighted by Crippen LogP contribution is -2.31. The van der Waals surface area contributed by atoms with Gasteiger partial charge < -0.3 is 0 Å². The maximum absolute atomic E-state index is 13.3. The number of thiazole rings is 1. The molecule has 0 aliphatic carbocycles. The lowest BCUT2D eigenvalue weighted by atomic mass is 9.87. The van der Waals surface area contributed by atoms with Gasteiger partial charge in [-0.1, -0.05) is 70.2 Å². The molecule has 150 valence electrons. The molecule has 0 spiro atoms. The molecule has 0 N–H and O–H groups in total. The van der Waals surface area contributed by atoms with Crippen molar-refractivity contribution in [3.05, 3.63) is 84.8 Å². The maximum Gasteiger partial charge on any atom is 0.273 e. The van der Waals surface area contributed by atoms with E-state index in [-0.39, 0.29) is 16.5 Å². The standard InChI is InChI=1S/C25H23N3OS/c1-5-18-8-6-7-9-21(18)28-23(29)22(30-24(28)19(15-26)16-27)14-17-10-12-20(13-11-17)25(2,3)4/h6-14H,5H2,1-4H3/b22-14+. The minimum atomic E-state index is -0.223. The molecule has 3 rings (SSSR count). The third kappa shape index (κ3) is 4.13. The molecule has 0 amide bonds. The van der Waals surface area contributed by atoms with Crippen LogP contribution in [0.15, 0.2) is 53.3 Å². The Kier molecular flexibility index (Phi) is 6.06. The minimum absolute atomic E-state index is 0.0503. The molecule has 0 fully saturated rings. The molecule has 0 radical (unpaired) electrons. The Labute approximate surface area is 180 Å². The van der Waals surface area contributed by atoms with Crippen LogP contribution in [0.5, 0.6) is 0 Å². The van der Waals surface area contributed by atoms with Crippen LogP contribution < -0.4 is 14.8 Å². The molecular weight excluding hydrogens is 390 g/mol. The summed E-state index contributed by atoms with van der Waals surface area (Å²) in [6.45, 7) is 8.48. The summed E-state index contributed by atoms with van der Waals surface area (Å²) in [5.41, 5.74) is 3.57. The number of nitrogens with zero attached hydrogens (tertiary/aromatic N) is 3. The van der Waals surface area contributed by atoms with Gasteiger partial charge in [0.05, 0.1) is 10.2 Å². The van der Waals surface area contributed by atoms with E-state index in [4.69, 9.17) is 0 Å². The molecule has 0 unspecified atom stereocenters. The summed E-state index contributed by atoms with van der Waals surface area (Å²) in [4.78, 5) is 13.3. The van der Waals surface area contributed by atoms with E-state index in [0.717, 1.165) is 17.5 Å². The normalized spacial score (nSPS) is 11.7. The van der Waals surface area contributed by atoms with Gasteiger partial charge in [0.25, 0.3) is 5.56 Å². The van der Waals surface area contributed by atoms with Crippen LogP contribution in [0.1, 0.15) is 44.4 Å². The second-order valence-electron chi connectivity index (χ2n) is 8.01. The van der Waals surface area contributed by atoms with Crippen LogP contribution in [0.3, 0.4) is 0 Å². The summed E-state index contributed by atoms with van der Waals surface area (Å²) in [5.74, 6) is 0. The first-order valence-corrected chi connectivity index (χ1v) is 10.6. The molecule has 1 aromatic heterocycles.